The fraction of sp³-hybridized carbons (Fsp3) is 0.400. The summed E-state index contributed by atoms with van der Waals surface area (Å²) in [7, 11) is 0. The Morgan fingerprint density at radius 2 is 2.08 bits per heavy atom. The van der Waals surface area contributed by atoms with Crippen molar-refractivity contribution in [2.24, 2.45) is 5.73 Å². The van der Waals surface area contributed by atoms with E-state index < -0.39 is 0 Å². The maximum atomic E-state index is 5.86. The number of benzene rings is 1. The molecule has 0 heterocycles. The highest BCUT2D eigenvalue weighted by molar-refractivity contribution is 5.45. The molecule has 1 aliphatic carbocycles. The summed E-state index contributed by atoms with van der Waals surface area (Å²) < 4.78 is 0. The Bertz CT molecular complexity index is 294. The third kappa shape index (κ3) is 1.30. The predicted molar refractivity (Wildman–Crippen MR) is 50.9 cm³/mol. The Balaban J connectivity index is 2.37. The summed E-state index contributed by atoms with van der Waals surface area (Å²) in [5.41, 5.74) is 15.2. The van der Waals surface area contributed by atoms with Gasteiger partial charge < -0.3 is 11.5 Å². The van der Waals surface area contributed by atoms with Crippen molar-refractivity contribution in [2.45, 2.75) is 25.3 Å². The van der Waals surface area contributed by atoms with Gasteiger partial charge in [-0.3, -0.25) is 0 Å². The van der Waals surface area contributed by atoms with Gasteiger partial charge in [0.1, 0.15) is 0 Å². The van der Waals surface area contributed by atoms with Gasteiger partial charge in [-0.15, -0.1) is 0 Å². The van der Waals surface area contributed by atoms with Crippen LogP contribution in [0.3, 0.4) is 0 Å². The molecule has 0 saturated carbocycles. The Morgan fingerprint density at radius 1 is 1.25 bits per heavy atom. The molecular weight excluding hydrogens is 148 g/mol. The predicted octanol–water partition coefficient (Wildman–Crippen LogP) is 1.08. The monoisotopic (exact) mass is 162 g/mol. The van der Waals surface area contributed by atoms with E-state index in [1.54, 1.807) is 0 Å². The third-order valence-electron chi connectivity index (χ3n) is 2.50. The van der Waals surface area contributed by atoms with Gasteiger partial charge >= 0.3 is 0 Å². The first-order chi connectivity index (χ1) is 5.75. The second kappa shape index (κ2) is 2.79. The first-order valence-corrected chi connectivity index (χ1v) is 4.38. The van der Waals surface area contributed by atoms with Crippen molar-refractivity contribution in [2.75, 3.05) is 5.73 Å². The lowest BCUT2D eigenvalue weighted by atomic mass is 9.88. The molecule has 0 radical (unpaired) electrons. The number of fused-ring (bicyclic) bond motifs is 1. The Kier molecular flexibility index (Phi) is 1.77. The van der Waals surface area contributed by atoms with Crippen LogP contribution >= 0.6 is 0 Å². The molecule has 0 bridgehead atoms. The molecule has 1 aliphatic rings. The molecule has 2 heteroatoms. The molecule has 1 aromatic carbocycles. The van der Waals surface area contributed by atoms with Gasteiger partial charge in [-0.2, -0.15) is 0 Å². The molecule has 0 saturated heterocycles. The van der Waals surface area contributed by atoms with Crippen molar-refractivity contribution in [1.29, 1.82) is 0 Å². The van der Waals surface area contributed by atoms with Crippen molar-refractivity contribution in [1.82, 2.24) is 0 Å². The molecule has 0 fully saturated rings. The summed E-state index contributed by atoms with van der Waals surface area (Å²) in [4.78, 5) is 0. The van der Waals surface area contributed by atoms with Gasteiger partial charge in [0.2, 0.25) is 0 Å². The van der Waals surface area contributed by atoms with Crippen LogP contribution in [-0.4, -0.2) is 6.04 Å². The van der Waals surface area contributed by atoms with E-state index in [-0.39, 0.29) is 0 Å². The summed E-state index contributed by atoms with van der Waals surface area (Å²) in [5, 5.41) is 0. The highest BCUT2D eigenvalue weighted by Gasteiger charge is 2.14. The SMILES string of the molecule is Nc1ccc2c(c1)C[C@@H](N)CC2. The Morgan fingerprint density at radius 3 is 2.92 bits per heavy atom. The summed E-state index contributed by atoms with van der Waals surface area (Å²) in [6.45, 7) is 0. The van der Waals surface area contributed by atoms with E-state index in [9.17, 15) is 0 Å². The molecule has 1 aromatic rings. The molecule has 12 heavy (non-hydrogen) atoms. The van der Waals surface area contributed by atoms with Crippen molar-refractivity contribution in [3.63, 3.8) is 0 Å². The Labute approximate surface area is 72.6 Å². The normalized spacial score (nSPS) is 21.9. The largest absolute Gasteiger partial charge is 0.399 e. The molecule has 2 rings (SSSR count). The zero-order valence-corrected chi connectivity index (χ0v) is 7.09. The van der Waals surface area contributed by atoms with Gasteiger partial charge in [-0.05, 0) is 42.5 Å². The van der Waals surface area contributed by atoms with E-state index in [1.165, 1.54) is 11.1 Å². The average molecular weight is 162 g/mol. The molecule has 2 nitrogen and oxygen atoms in total. The van der Waals surface area contributed by atoms with E-state index >= 15 is 0 Å². The number of anilines is 1. The maximum Gasteiger partial charge on any atom is 0.0316 e. The second-order valence-electron chi connectivity index (χ2n) is 3.53. The molecule has 1 atom stereocenters. The molecule has 0 aliphatic heterocycles. The highest BCUT2D eigenvalue weighted by atomic mass is 14.6. The van der Waals surface area contributed by atoms with Crippen LogP contribution in [0.2, 0.25) is 0 Å². The number of rotatable bonds is 0. The quantitative estimate of drug-likeness (QED) is 0.561. The summed E-state index contributed by atoms with van der Waals surface area (Å²) >= 11 is 0. The van der Waals surface area contributed by atoms with Crippen molar-refractivity contribution in [3.05, 3.63) is 29.3 Å². The standard InChI is InChI=1S/C10H14N2/c11-9-3-1-7-2-4-10(12)6-8(7)5-9/h1,3,5,10H,2,4,6,11-12H2/t10-/m0/s1. The topological polar surface area (TPSA) is 52.0 Å². The Hall–Kier alpha value is -1.02. The number of nitrogen functional groups attached to an aromatic ring is 1. The zero-order valence-electron chi connectivity index (χ0n) is 7.09. The minimum Gasteiger partial charge on any atom is -0.399 e. The highest BCUT2D eigenvalue weighted by Crippen LogP contribution is 2.22. The minimum atomic E-state index is 0.333. The molecule has 64 valence electrons. The van der Waals surface area contributed by atoms with E-state index in [2.05, 4.69) is 6.07 Å². The van der Waals surface area contributed by atoms with Crippen molar-refractivity contribution >= 4 is 5.69 Å². The lowest BCUT2D eigenvalue weighted by Gasteiger charge is -2.21. The number of hydrogen-bond donors (Lipinski definition) is 2. The van der Waals surface area contributed by atoms with Gasteiger partial charge in [0, 0.05) is 11.7 Å². The third-order valence-corrected chi connectivity index (χ3v) is 2.50. The molecule has 0 unspecified atom stereocenters. The summed E-state index contributed by atoms with van der Waals surface area (Å²) in [6, 6.07) is 6.47. The fourth-order valence-electron chi connectivity index (χ4n) is 1.81. The number of aryl methyl sites for hydroxylation is 1. The van der Waals surface area contributed by atoms with Crippen LogP contribution in [-0.2, 0) is 12.8 Å². The van der Waals surface area contributed by atoms with Crippen LogP contribution in [0.5, 0.6) is 0 Å². The average Bonchev–Trinajstić information content (AvgIpc) is 2.03. The van der Waals surface area contributed by atoms with Crippen LogP contribution in [0.25, 0.3) is 0 Å². The van der Waals surface area contributed by atoms with Crippen LogP contribution < -0.4 is 11.5 Å². The molecule has 0 spiro atoms. The first kappa shape index (κ1) is 7.62. The zero-order chi connectivity index (χ0) is 8.55. The van der Waals surface area contributed by atoms with Crippen molar-refractivity contribution < 1.29 is 0 Å². The maximum absolute atomic E-state index is 5.86. The summed E-state index contributed by atoms with van der Waals surface area (Å²) in [6.07, 6.45) is 3.20. The van der Waals surface area contributed by atoms with E-state index in [4.69, 9.17) is 11.5 Å². The van der Waals surface area contributed by atoms with Gasteiger partial charge in [0.15, 0.2) is 0 Å². The smallest absolute Gasteiger partial charge is 0.0316 e. The molecule has 0 aromatic heterocycles. The van der Waals surface area contributed by atoms with Gasteiger partial charge in [-0.25, -0.2) is 0 Å². The lowest BCUT2D eigenvalue weighted by Crippen LogP contribution is -2.27. The molecule has 4 N–H and O–H groups in total. The minimum absolute atomic E-state index is 0.333. The van der Waals surface area contributed by atoms with E-state index in [0.29, 0.717) is 6.04 Å². The van der Waals surface area contributed by atoms with Crippen LogP contribution in [0.15, 0.2) is 18.2 Å². The van der Waals surface area contributed by atoms with E-state index in [0.717, 1.165) is 24.9 Å². The van der Waals surface area contributed by atoms with Gasteiger partial charge in [0.25, 0.3) is 0 Å². The van der Waals surface area contributed by atoms with E-state index in [1.807, 2.05) is 12.1 Å². The van der Waals surface area contributed by atoms with Crippen LogP contribution in [0, 0.1) is 0 Å². The van der Waals surface area contributed by atoms with Gasteiger partial charge in [-0.1, -0.05) is 6.07 Å². The number of hydrogen-bond acceptors (Lipinski definition) is 2. The number of nitrogens with two attached hydrogens (primary N) is 2. The molecule has 0 amide bonds. The molecular formula is C10H14N2. The van der Waals surface area contributed by atoms with Crippen LogP contribution in [0.1, 0.15) is 17.5 Å². The van der Waals surface area contributed by atoms with Gasteiger partial charge in [0.05, 0.1) is 0 Å². The van der Waals surface area contributed by atoms with Crippen LogP contribution in [0.4, 0.5) is 5.69 Å². The summed E-state index contributed by atoms with van der Waals surface area (Å²) in [5.74, 6) is 0. The fourth-order valence-corrected chi connectivity index (χ4v) is 1.81. The van der Waals surface area contributed by atoms with Crippen molar-refractivity contribution in [3.8, 4) is 0 Å². The second-order valence-corrected chi connectivity index (χ2v) is 3.53. The lowest BCUT2D eigenvalue weighted by molar-refractivity contribution is 0.577. The first-order valence-electron chi connectivity index (χ1n) is 4.38.